The van der Waals surface area contributed by atoms with E-state index < -0.39 is 19.1 Å². The Kier molecular flexibility index (Phi) is 19.5. The highest BCUT2D eigenvalue weighted by molar-refractivity contribution is 9.10. The van der Waals surface area contributed by atoms with E-state index in [-0.39, 0.29) is 22.9 Å². The van der Waals surface area contributed by atoms with Crippen molar-refractivity contribution >= 4 is 69.8 Å². The van der Waals surface area contributed by atoms with Gasteiger partial charge in [-0.3, -0.25) is 0 Å². The Morgan fingerprint density at radius 1 is 0.700 bits per heavy atom. The van der Waals surface area contributed by atoms with E-state index in [1.54, 1.807) is 59.1 Å². The van der Waals surface area contributed by atoms with Crippen LogP contribution in [0.5, 0.6) is 5.75 Å². The Morgan fingerprint density at radius 3 is 1.82 bits per heavy atom. The molecule has 10 rings (SSSR count). The van der Waals surface area contributed by atoms with Crippen LogP contribution in [0.2, 0.25) is 10.3 Å². The number of nitrogens with zero attached hydrogens (tertiary/aromatic N) is 10. The number of aromatic carboxylic acids is 1. The van der Waals surface area contributed by atoms with Crippen molar-refractivity contribution in [1.82, 2.24) is 48.5 Å². The van der Waals surface area contributed by atoms with Crippen molar-refractivity contribution in [2.45, 2.75) is 72.3 Å². The number of carbonyl (C=O) groups is 3. The van der Waals surface area contributed by atoms with Crippen LogP contribution in [-0.4, -0.2) is 118 Å². The van der Waals surface area contributed by atoms with E-state index >= 15 is 0 Å². The second kappa shape index (κ2) is 25.9. The molecule has 2 aromatic carbocycles. The topological polar surface area (TPSA) is 213 Å². The minimum absolute atomic E-state index is 0.115. The van der Waals surface area contributed by atoms with Crippen LogP contribution in [0.1, 0.15) is 87.0 Å². The number of fused-ring (bicyclic) bond motifs is 1. The first kappa shape index (κ1) is 60.4. The number of pyridine rings is 3. The molecule has 2 aliphatic rings. The van der Waals surface area contributed by atoms with E-state index in [1.165, 1.54) is 55.1 Å². The molecule has 0 unspecified atom stereocenters. The summed E-state index contributed by atoms with van der Waals surface area (Å²) >= 11 is 14.8. The number of benzene rings is 2. The molecule has 0 bridgehead atoms. The summed E-state index contributed by atoms with van der Waals surface area (Å²) in [5, 5.41) is 10.2. The van der Waals surface area contributed by atoms with Crippen LogP contribution in [-0.2, 0) is 59.5 Å². The molecule has 6 aromatic heterocycles. The highest BCUT2D eigenvalue weighted by atomic mass is 79.9. The molecule has 0 aliphatic carbocycles. The van der Waals surface area contributed by atoms with Crippen molar-refractivity contribution in [1.29, 1.82) is 0 Å². The van der Waals surface area contributed by atoms with Crippen LogP contribution < -0.4 is 10.3 Å². The fourth-order valence-corrected chi connectivity index (χ4v) is 9.17. The molecule has 0 spiro atoms. The largest absolute Gasteiger partial charge is 0.514 e. The molecular formula is C57H62BBrCl2N10O9. The Hall–Kier alpha value is -7.27. The summed E-state index contributed by atoms with van der Waals surface area (Å²) in [6.45, 7) is 14.8. The van der Waals surface area contributed by atoms with Gasteiger partial charge in [0.15, 0.2) is 16.4 Å². The number of imidazole rings is 3. The molecule has 1 fully saturated rings. The number of aryl methyl sites for hydroxylation is 1. The molecule has 1 saturated heterocycles. The molecule has 418 valence electrons. The lowest BCUT2D eigenvalue weighted by Gasteiger charge is -2.32. The molecule has 2 aliphatic heterocycles. The first-order valence-electron chi connectivity index (χ1n) is 25.1. The van der Waals surface area contributed by atoms with E-state index in [0.29, 0.717) is 61.7 Å². The van der Waals surface area contributed by atoms with Gasteiger partial charge in [-0.15, -0.1) is 0 Å². The zero-order valence-electron chi connectivity index (χ0n) is 46.5. The van der Waals surface area contributed by atoms with Gasteiger partial charge in [0.1, 0.15) is 51.1 Å². The molecule has 0 amide bonds. The van der Waals surface area contributed by atoms with Gasteiger partial charge in [-0.1, -0.05) is 65.2 Å². The molecule has 23 heteroatoms. The van der Waals surface area contributed by atoms with Gasteiger partial charge >= 0.3 is 25.0 Å². The molecule has 0 saturated carbocycles. The Morgan fingerprint density at radius 2 is 1.25 bits per heavy atom. The second-order valence-corrected chi connectivity index (χ2v) is 21.3. The lowest BCUT2D eigenvalue weighted by atomic mass is 9.84. The number of halogens is 3. The Balaban J connectivity index is 0.000000174. The number of hydrogen-bond acceptors (Lipinski definition) is 15. The van der Waals surface area contributed by atoms with Crippen molar-refractivity contribution in [3.05, 3.63) is 163 Å². The third-order valence-electron chi connectivity index (χ3n) is 13.9. The summed E-state index contributed by atoms with van der Waals surface area (Å²) in [5.41, 5.74) is 10.2. The highest BCUT2D eigenvalue weighted by Crippen LogP contribution is 2.37. The normalized spacial score (nSPS) is 14.1. The first-order valence-corrected chi connectivity index (χ1v) is 26.7. The quantitative estimate of drug-likeness (QED) is 0.0766. The van der Waals surface area contributed by atoms with Crippen molar-refractivity contribution in [2.75, 3.05) is 27.8 Å². The summed E-state index contributed by atoms with van der Waals surface area (Å²) in [5.74, 6) is -0.0222. The number of likely N-dealkylation sites (N-methyl/N-ethyl adjacent to an activating group) is 1. The van der Waals surface area contributed by atoms with E-state index in [2.05, 4.69) is 87.4 Å². The molecule has 80 heavy (non-hydrogen) atoms. The van der Waals surface area contributed by atoms with Gasteiger partial charge in [-0.25, -0.2) is 44.3 Å². The van der Waals surface area contributed by atoms with Crippen molar-refractivity contribution in [2.24, 2.45) is 21.1 Å². The number of rotatable bonds is 10. The standard InChI is InChI=1S/C29H30N4O3.C11H15BClNO2.C11H10ClN3O2.C6H7BrN2O2/c1-18-8-11-27(36-17-21-10-9-20-16-32(3)13-12-22(20)19(21)2)23(14-18)24-6-5-7-25(31-24)28-30-15-26(29(34)35)33(28)4;1-10(2)11(3,4)16-12(15-10)8-6-5-7-9(13)14-8;1-15-8(11(16)17-2)6-13-10(15)7-4-3-5-9(12)14-7;1-9-4(5(10)11-2)3-8-6(9)7/h5-11,14-15H,12-13,16-17H2,1-4H3,(H,34,35);5-7H,1-4H3;3-6H,1-2H3;3H,1-2H3. The zero-order valence-corrected chi connectivity index (χ0v) is 49.6. The maximum absolute atomic E-state index is 11.4. The van der Waals surface area contributed by atoms with Gasteiger partial charge < -0.3 is 47.2 Å². The fraction of sp³-hybridized carbons (Fsp3) is 0.316. The molecule has 19 nitrogen and oxygen atoms in total. The van der Waals surface area contributed by atoms with E-state index in [4.69, 9.17) is 42.2 Å². The average Bonchev–Trinajstić information content (AvgIpc) is 4.17. The Bertz CT molecular complexity index is 3530. The van der Waals surface area contributed by atoms with Crippen LogP contribution in [0.15, 0.2) is 108 Å². The number of hydrogen-bond donors (Lipinski definition) is 1. The summed E-state index contributed by atoms with van der Waals surface area (Å²) < 4.78 is 32.6. The third kappa shape index (κ3) is 14.0. The third-order valence-corrected chi connectivity index (χ3v) is 15.0. The van der Waals surface area contributed by atoms with Gasteiger partial charge in [0.2, 0.25) is 0 Å². The van der Waals surface area contributed by atoms with Crippen LogP contribution in [0.4, 0.5) is 0 Å². The summed E-state index contributed by atoms with van der Waals surface area (Å²) in [6.07, 6.45) is 5.32. The lowest BCUT2D eigenvalue weighted by molar-refractivity contribution is 0.00578. The molecule has 0 radical (unpaired) electrons. The first-order chi connectivity index (χ1) is 37.9. The number of carbonyl (C=O) groups excluding carboxylic acids is 2. The predicted molar refractivity (Wildman–Crippen MR) is 309 cm³/mol. The predicted octanol–water partition coefficient (Wildman–Crippen LogP) is 9.96. The molecule has 8 aromatic rings. The van der Waals surface area contributed by atoms with Crippen LogP contribution in [0, 0.1) is 13.8 Å². The van der Waals surface area contributed by atoms with Crippen LogP contribution in [0.3, 0.4) is 0 Å². The average molecular weight is 1190 g/mol. The zero-order chi connectivity index (χ0) is 58.2. The number of carboxylic acids is 1. The van der Waals surface area contributed by atoms with Gasteiger partial charge in [-0.2, -0.15) is 0 Å². The minimum atomic E-state index is -1.02. The monoisotopic (exact) mass is 1190 g/mol. The van der Waals surface area contributed by atoms with E-state index in [0.717, 1.165) is 42.1 Å². The fourth-order valence-electron chi connectivity index (χ4n) is 8.54. The SMILES string of the molecule is CC1(C)OB(c2cccc(Cl)n2)OC1(C)C.COC(=O)c1cnc(-c2cccc(Cl)n2)n1C.COC(=O)c1cnc(Br)n1C.Cc1ccc(OCc2ccc3c(c2C)CCN(C)C3)c(-c2cccc(-c3ncc(C(=O)O)n3C)n2)c1. The number of aromatic nitrogens is 9. The van der Waals surface area contributed by atoms with Crippen LogP contribution >= 0.6 is 39.1 Å². The molecule has 8 heterocycles. The number of esters is 2. The molecule has 1 N–H and O–H groups in total. The lowest BCUT2D eigenvalue weighted by Crippen LogP contribution is -2.41. The van der Waals surface area contributed by atoms with Crippen molar-refractivity contribution in [3.8, 4) is 40.0 Å². The Labute approximate surface area is 483 Å². The smallest absolute Gasteiger partial charge is 0.488 e. The second-order valence-electron chi connectivity index (χ2n) is 19.8. The maximum Gasteiger partial charge on any atom is 0.514 e. The number of ether oxygens (including phenoxy) is 3. The summed E-state index contributed by atoms with van der Waals surface area (Å²) in [7, 11) is 9.51. The van der Waals surface area contributed by atoms with Crippen LogP contribution in [0.25, 0.3) is 34.3 Å². The van der Waals surface area contributed by atoms with Gasteiger partial charge in [0.05, 0.1) is 55.3 Å². The van der Waals surface area contributed by atoms with Crippen molar-refractivity contribution in [3.63, 3.8) is 0 Å². The van der Waals surface area contributed by atoms with Gasteiger partial charge in [-0.05, 0) is 142 Å². The van der Waals surface area contributed by atoms with Crippen molar-refractivity contribution < 1.29 is 43.0 Å². The number of carboxylic acid groups (broad SMARTS) is 1. The van der Waals surface area contributed by atoms with Gasteiger partial charge in [0.25, 0.3) is 0 Å². The van der Waals surface area contributed by atoms with E-state index in [9.17, 15) is 19.5 Å². The number of methoxy groups -OCH3 is 2. The maximum atomic E-state index is 11.4. The minimum Gasteiger partial charge on any atom is -0.488 e. The summed E-state index contributed by atoms with van der Waals surface area (Å²) in [4.78, 5) is 61.6. The molecule has 0 atom stereocenters. The highest BCUT2D eigenvalue weighted by Gasteiger charge is 2.52. The summed E-state index contributed by atoms with van der Waals surface area (Å²) in [6, 6.07) is 26.8. The van der Waals surface area contributed by atoms with E-state index in [1.807, 2.05) is 77.1 Å². The molecular weight excluding hydrogens is 1130 g/mol. The van der Waals surface area contributed by atoms with Gasteiger partial charge in [0, 0.05) is 39.8 Å².